The van der Waals surface area contributed by atoms with Crippen LogP contribution >= 0.6 is 15.9 Å². The van der Waals surface area contributed by atoms with Gasteiger partial charge in [0.05, 0.1) is 17.6 Å². The van der Waals surface area contributed by atoms with E-state index in [1.165, 1.54) is 5.56 Å². The number of nitrogen functional groups attached to an aromatic ring is 1. The summed E-state index contributed by atoms with van der Waals surface area (Å²) in [7, 11) is 0. The first-order valence-corrected chi connectivity index (χ1v) is 7.53. The van der Waals surface area contributed by atoms with Crippen molar-refractivity contribution in [2.45, 2.75) is 13.3 Å². The molecule has 0 unspecified atom stereocenters. The second-order valence-electron chi connectivity index (χ2n) is 4.74. The van der Waals surface area contributed by atoms with Crippen LogP contribution in [0.2, 0.25) is 0 Å². The summed E-state index contributed by atoms with van der Waals surface area (Å²) in [5.41, 5.74) is 10.1. The number of halogens is 1. The van der Waals surface area contributed by atoms with Crippen molar-refractivity contribution in [1.82, 2.24) is 14.8 Å². The van der Waals surface area contributed by atoms with Crippen LogP contribution in [0.4, 0.5) is 5.82 Å². The third-order valence-electron chi connectivity index (χ3n) is 3.36. The predicted octanol–water partition coefficient (Wildman–Crippen LogP) is 3.84. The second-order valence-corrected chi connectivity index (χ2v) is 5.60. The lowest BCUT2D eigenvalue weighted by Crippen LogP contribution is -2.01. The molecule has 0 bridgehead atoms. The van der Waals surface area contributed by atoms with Gasteiger partial charge in [-0.3, -0.25) is 0 Å². The normalized spacial score (nSPS) is 10.8. The zero-order chi connectivity index (χ0) is 14.8. The van der Waals surface area contributed by atoms with Gasteiger partial charge in [0, 0.05) is 16.2 Å². The average molecular weight is 343 g/mol. The van der Waals surface area contributed by atoms with Crippen molar-refractivity contribution < 1.29 is 0 Å². The number of nitrogens with zero attached hydrogens (tertiary/aromatic N) is 3. The molecule has 1 aromatic carbocycles. The number of nitrogens with two attached hydrogens (primary N) is 1. The van der Waals surface area contributed by atoms with Crippen molar-refractivity contribution in [3.63, 3.8) is 0 Å². The van der Waals surface area contributed by atoms with Gasteiger partial charge in [0.1, 0.15) is 5.82 Å². The first-order chi connectivity index (χ1) is 10.2. The SMILES string of the molecule is CCc1cccc(-n2nccc2-c2cc(N)ncc2Br)c1. The molecule has 0 aliphatic heterocycles. The minimum absolute atomic E-state index is 0.489. The zero-order valence-electron chi connectivity index (χ0n) is 11.6. The van der Waals surface area contributed by atoms with E-state index in [1.807, 2.05) is 22.9 Å². The van der Waals surface area contributed by atoms with Gasteiger partial charge in [-0.2, -0.15) is 5.10 Å². The average Bonchev–Trinajstić information content (AvgIpc) is 2.99. The number of hydrogen-bond acceptors (Lipinski definition) is 3. The van der Waals surface area contributed by atoms with Crippen molar-refractivity contribution in [3.8, 4) is 16.9 Å². The summed E-state index contributed by atoms with van der Waals surface area (Å²) in [5.74, 6) is 0.489. The molecule has 2 N–H and O–H groups in total. The Bertz CT molecular complexity index is 779. The molecule has 0 atom stereocenters. The molecular formula is C16H15BrN4. The highest BCUT2D eigenvalue weighted by Gasteiger charge is 2.11. The Labute approximate surface area is 131 Å². The molecule has 2 heterocycles. The lowest BCUT2D eigenvalue weighted by molar-refractivity contribution is 0.884. The van der Waals surface area contributed by atoms with E-state index in [4.69, 9.17) is 5.73 Å². The summed E-state index contributed by atoms with van der Waals surface area (Å²) < 4.78 is 2.81. The van der Waals surface area contributed by atoms with Gasteiger partial charge in [0.15, 0.2) is 0 Å². The summed E-state index contributed by atoms with van der Waals surface area (Å²) >= 11 is 3.53. The van der Waals surface area contributed by atoms with Crippen molar-refractivity contribution >= 4 is 21.7 Å². The Morgan fingerprint density at radius 3 is 2.90 bits per heavy atom. The lowest BCUT2D eigenvalue weighted by atomic mass is 10.1. The monoisotopic (exact) mass is 342 g/mol. The number of hydrogen-bond donors (Lipinski definition) is 1. The molecule has 2 aromatic heterocycles. The molecule has 4 nitrogen and oxygen atoms in total. The maximum atomic E-state index is 5.81. The number of aromatic nitrogens is 3. The Hall–Kier alpha value is -2.14. The Kier molecular flexibility index (Phi) is 3.75. The van der Waals surface area contributed by atoms with Gasteiger partial charge in [-0.25, -0.2) is 9.67 Å². The Balaban J connectivity index is 2.14. The smallest absolute Gasteiger partial charge is 0.124 e. The molecule has 0 radical (unpaired) electrons. The fourth-order valence-electron chi connectivity index (χ4n) is 2.27. The maximum Gasteiger partial charge on any atom is 0.124 e. The molecular weight excluding hydrogens is 328 g/mol. The fraction of sp³-hybridized carbons (Fsp3) is 0.125. The number of aryl methyl sites for hydroxylation is 1. The summed E-state index contributed by atoms with van der Waals surface area (Å²) in [4.78, 5) is 4.08. The van der Waals surface area contributed by atoms with Crippen LogP contribution in [0.5, 0.6) is 0 Å². The minimum Gasteiger partial charge on any atom is -0.384 e. The number of benzene rings is 1. The van der Waals surface area contributed by atoms with E-state index in [-0.39, 0.29) is 0 Å². The summed E-state index contributed by atoms with van der Waals surface area (Å²) in [5, 5.41) is 4.44. The van der Waals surface area contributed by atoms with Gasteiger partial charge < -0.3 is 5.73 Å². The Morgan fingerprint density at radius 2 is 2.10 bits per heavy atom. The Morgan fingerprint density at radius 1 is 1.24 bits per heavy atom. The first kappa shape index (κ1) is 13.8. The third kappa shape index (κ3) is 2.69. The van der Waals surface area contributed by atoms with E-state index < -0.39 is 0 Å². The fourth-order valence-corrected chi connectivity index (χ4v) is 2.69. The molecule has 106 valence electrons. The van der Waals surface area contributed by atoms with Gasteiger partial charge in [-0.15, -0.1) is 0 Å². The predicted molar refractivity (Wildman–Crippen MR) is 88.3 cm³/mol. The third-order valence-corrected chi connectivity index (χ3v) is 3.99. The van der Waals surface area contributed by atoms with E-state index in [2.05, 4.69) is 51.1 Å². The molecule has 0 amide bonds. The van der Waals surface area contributed by atoms with Crippen LogP contribution in [0.25, 0.3) is 16.9 Å². The van der Waals surface area contributed by atoms with E-state index >= 15 is 0 Å². The largest absolute Gasteiger partial charge is 0.384 e. The van der Waals surface area contributed by atoms with E-state index in [1.54, 1.807) is 12.4 Å². The molecule has 5 heteroatoms. The number of rotatable bonds is 3. The highest BCUT2D eigenvalue weighted by Crippen LogP contribution is 2.30. The van der Waals surface area contributed by atoms with Crippen LogP contribution in [0.15, 0.2) is 53.3 Å². The molecule has 3 aromatic rings. The van der Waals surface area contributed by atoms with Crippen molar-refractivity contribution in [1.29, 1.82) is 0 Å². The van der Waals surface area contributed by atoms with Gasteiger partial charge in [-0.05, 0) is 52.2 Å². The van der Waals surface area contributed by atoms with Crippen molar-refractivity contribution in [2.75, 3.05) is 5.73 Å². The molecule has 21 heavy (non-hydrogen) atoms. The quantitative estimate of drug-likeness (QED) is 0.786. The van der Waals surface area contributed by atoms with Crippen LogP contribution in [-0.2, 0) is 6.42 Å². The standard InChI is InChI=1S/C16H15BrN4/c1-2-11-4-3-5-12(8-11)21-15(6-7-20-21)13-9-16(18)19-10-14(13)17/h3-10H,2H2,1H3,(H2,18,19). The van der Waals surface area contributed by atoms with E-state index in [0.717, 1.165) is 27.8 Å². The number of anilines is 1. The van der Waals surface area contributed by atoms with Gasteiger partial charge >= 0.3 is 0 Å². The van der Waals surface area contributed by atoms with Gasteiger partial charge in [-0.1, -0.05) is 19.1 Å². The molecule has 0 aliphatic rings. The molecule has 0 aliphatic carbocycles. The second kappa shape index (κ2) is 5.69. The van der Waals surface area contributed by atoms with E-state index in [9.17, 15) is 0 Å². The number of pyridine rings is 1. The first-order valence-electron chi connectivity index (χ1n) is 6.73. The van der Waals surface area contributed by atoms with Crippen molar-refractivity contribution in [3.05, 3.63) is 58.8 Å². The topological polar surface area (TPSA) is 56.7 Å². The summed E-state index contributed by atoms with van der Waals surface area (Å²) in [6.45, 7) is 2.14. The van der Waals surface area contributed by atoms with E-state index in [0.29, 0.717) is 5.82 Å². The highest BCUT2D eigenvalue weighted by atomic mass is 79.9. The van der Waals surface area contributed by atoms with Crippen LogP contribution in [-0.4, -0.2) is 14.8 Å². The zero-order valence-corrected chi connectivity index (χ0v) is 13.2. The molecule has 3 rings (SSSR count). The minimum atomic E-state index is 0.489. The van der Waals surface area contributed by atoms with Crippen molar-refractivity contribution in [2.24, 2.45) is 0 Å². The van der Waals surface area contributed by atoms with Crippen LogP contribution < -0.4 is 5.73 Å². The van der Waals surface area contributed by atoms with Gasteiger partial charge in [0.2, 0.25) is 0 Å². The van der Waals surface area contributed by atoms with Gasteiger partial charge in [0.25, 0.3) is 0 Å². The molecule has 0 spiro atoms. The molecule has 0 saturated heterocycles. The maximum absolute atomic E-state index is 5.81. The van der Waals surface area contributed by atoms with Crippen LogP contribution in [0.1, 0.15) is 12.5 Å². The highest BCUT2D eigenvalue weighted by molar-refractivity contribution is 9.10. The van der Waals surface area contributed by atoms with Crippen LogP contribution in [0.3, 0.4) is 0 Å². The summed E-state index contributed by atoms with van der Waals surface area (Å²) in [6.07, 6.45) is 4.50. The van der Waals surface area contributed by atoms with Crippen LogP contribution in [0, 0.1) is 0 Å². The lowest BCUT2D eigenvalue weighted by Gasteiger charge is -2.10. The molecule has 0 saturated carbocycles. The molecule has 0 fully saturated rings. The summed E-state index contributed by atoms with van der Waals surface area (Å²) in [6, 6.07) is 12.2.